The molecule has 1 unspecified atom stereocenters. The standard InChI is InChI=1S/C25H22Cl2O4S/c1-14(28)31-21-12-16-10-15(6-7-20(29)22-8-9-23(32-22)25(27)30)11-17(13-26)24(16)19-5-3-2-4-18(19)21/h2-5,8-9,12,15,17H,6-7,10-11,13H2,1H3/t15?,17-/m0/s1. The molecule has 7 heteroatoms. The van der Waals surface area contributed by atoms with Gasteiger partial charge in [0.05, 0.1) is 9.75 Å². The van der Waals surface area contributed by atoms with Gasteiger partial charge in [-0.1, -0.05) is 24.3 Å². The number of halogens is 2. The van der Waals surface area contributed by atoms with E-state index in [1.165, 1.54) is 12.5 Å². The number of esters is 1. The van der Waals surface area contributed by atoms with Gasteiger partial charge in [0.2, 0.25) is 0 Å². The van der Waals surface area contributed by atoms with Gasteiger partial charge >= 0.3 is 5.97 Å². The maximum absolute atomic E-state index is 12.6. The van der Waals surface area contributed by atoms with E-state index in [1.54, 1.807) is 12.1 Å². The molecule has 2 aromatic carbocycles. The average molecular weight is 489 g/mol. The molecular formula is C25H22Cl2O4S. The van der Waals surface area contributed by atoms with Gasteiger partial charge in [-0.05, 0) is 77.4 Å². The zero-order valence-electron chi connectivity index (χ0n) is 17.5. The maximum atomic E-state index is 12.6. The second-order valence-corrected chi connectivity index (χ2v) is 9.88. The highest BCUT2D eigenvalue weighted by Crippen LogP contribution is 2.44. The zero-order valence-corrected chi connectivity index (χ0v) is 19.9. The first-order valence-electron chi connectivity index (χ1n) is 10.5. The predicted molar refractivity (Wildman–Crippen MR) is 129 cm³/mol. The molecular weight excluding hydrogens is 467 g/mol. The van der Waals surface area contributed by atoms with Gasteiger partial charge in [0, 0.05) is 24.6 Å². The Morgan fingerprint density at radius 3 is 2.47 bits per heavy atom. The third-order valence-electron chi connectivity index (χ3n) is 5.96. The molecule has 0 fully saturated rings. The molecule has 0 saturated heterocycles. The number of Topliss-reactive ketones (excluding diaryl/α,β-unsaturated/α-hetero) is 1. The molecule has 1 aromatic heterocycles. The molecule has 4 rings (SSSR count). The number of rotatable bonds is 7. The van der Waals surface area contributed by atoms with E-state index in [2.05, 4.69) is 6.07 Å². The summed E-state index contributed by atoms with van der Waals surface area (Å²) in [7, 11) is 0. The monoisotopic (exact) mass is 488 g/mol. The quantitative estimate of drug-likeness (QED) is 0.121. The Labute approximate surface area is 200 Å². The fourth-order valence-electron chi connectivity index (χ4n) is 4.64. The van der Waals surface area contributed by atoms with Crippen molar-refractivity contribution >= 4 is 62.3 Å². The molecule has 4 nitrogen and oxygen atoms in total. The van der Waals surface area contributed by atoms with Crippen molar-refractivity contribution in [1.29, 1.82) is 0 Å². The van der Waals surface area contributed by atoms with Gasteiger partial charge in [-0.25, -0.2) is 0 Å². The van der Waals surface area contributed by atoms with Crippen molar-refractivity contribution in [2.75, 3.05) is 5.88 Å². The average Bonchev–Trinajstić information content (AvgIpc) is 3.27. The molecule has 0 saturated carbocycles. The molecule has 3 aromatic rings. The van der Waals surface area contributed by atoms with Gasteiger partial charge < -0.3 is 4.74 Å². The van der Waals surface area contributed by atoms with Crippen LogP contribution in [-0.2, 0) is 11.2 Å². The van der Waals surface area contributed by atoms with E-state index in [4.69, 9.17) is 27.9 Å². The number of alkyl halides is 1. The number of ketones is 1. The first kappa shape index (κ1) is 23.0. The fourth-order valence-corrected chi connectivity index (χ4v) is 5.90. The minimum Gasteiger partial charge on any atom is -0.426 e. The van der Waals surface area contributed by atoms with E-state index in [0.717, 1.165) is 46.9 Å². The summed E-state index contributed by atoms with van der Waals surface area (Å²) in [6.45, 7) is 1.40. The number of benzene rings is 2. The van der Waals surface area contributed by atoms with Crippen molar-refractivity contribution in [2.24, 2.45) is 5.92 Å². The number of thiophene rings is 1. The summed E-state index contributed by atoms with van der Waals surface area (Å²) in [5.41, 5.74) is 2.35. The van der Waals surface area contributed by atoms with Gasteiger partial charge in [-0.15, -0.1) is 22.9 Å². The molecule has 0 aliphatic heterocycles. The summed E-state index contributed by atoms with van der Waals surface area (Å²) in [5.74, 6) is 1.17. The summed E-state index contributed by atoms with van der Waals surface area (Å²) in [6, 6.07) is 13.2. The lowest BCUT2D eigenvalue weighted by molar-refractivity contribution is -0.131. The van der Waals surface area contributed by atoms with E-state index in [9.17, 15) is 14.4 Å². The molecule has 0 spiro atoms. The highest BCUT2D eigenvalue weighted by Gasteiger charge is 2.30. The minimum atomic E-state index is -0.543. The largest absolute Gasteiger partial charge is 0.426 e. The van der Waals surface area contributed by atoms with Crippen LogP contribution in [0.2, 0.25) is 0 Å². The van der Waals surface area contributed by atoms with Crippen LogP contribution in [0, 0.1) is 5.92 Å². The van der Waals surface area contributed by atoms with Crippen molar-refractivity contribution in [3.63, 3.8) is 0 Å². The smallest absolute Gasteiger partial charge is 0.308 e. The molecule has 0 bridgehead atoms. The zero-order chi connectivity index (χ0) is 22.8. The number of hydrogen-bond donors (Lipinski definition) is 0. The van der Waals surface area contributed by atoms with Crippen molar-refractivity contribution < 1.29 is 19.1 Å². The lowest BCUT2D eigenvalue weighted by Crippen LogP contribution is -2.21. The Morgan fingerprint density at radius 1 is 1.09 bits per heavy atom. The number of carbonyl (C=O) groups excluding carboxylic acids is 3. The lowest BCUT2D eigenvalue weighted by Gasteiger charge is -2.32. The lowest BCUT2D eigenvalue weighted by atomic mass is 9.74. The molecule has 2 atom stereocenters. The van der Waals surface area contributed by atoms with Crippen LogP contribution in [0.15, 0.2) is 42.5 Å². The first-order valence-corrected chi connectivity index (χ1v) is 12.2. The Kier molecular flexibility index (Phi) is 6.99. The Bertz CT molecular complexity index is 1200. The molecule has 0 radical (unpaired) electrons. The van der Waals surface area contributed by atoms with Crippen LogP contribution in [0.1, 0.15) is 62.6 Å². The van der Waals surface area contributed by atoms with Gasteiger partial charge in [0.25, 0.3) is 5.24 Å². The third-order valence-corrected chi connectivity index (χ3v) is 7.78. The van der Waals surface area contributed by atoms with Crippen molar-refractivity contribution in [3.05, 3.63) is 63.3 Å². The number of hydrogen-bond acceptors (Lipinski definition) is 5. The Morgan fingerprint density at radius 2 is 1.81 bits per heavy atom. The van der Waals surface area contributed by atoms with Crippen LogP contribution in [0.3, 0.4) is 0 Å². The van der Waals surface area contributed by atoms with Crippen LogP contribution < -0.4 is 4.74 Å². The molecule has 166 valence electrons. The van der Waals surface area contributed by atoms with Crippen LogP contribution in [0.25, 0.3) is 10.8 Å². The molecule has 1 aliphatic carbocycles. The summed E-state index contributed by atoms with van der Waals surface area (Å²) < 4.78 is 5.51. The first-order chi connectivity index (χ1) is 15.4. The number of carbonyl (C=O) groups is 3. The highest BCUT2D eigenvalue weighted by molar-refractivity contribution is 7.17. The van der Waals surface area contributed by atoms with E-state index < -0.39 is 5.24 Å². The van der Waals surface area contributed by atoms with Gasteiger partial charge in [-0.3, -0.25) is 14.4 Å². The van der Waals surface area contributed by atoms with E-state index >= 15 is 0 Å². The van der Waals surface area contributed by atoms with Crippen molar-refractivity contribution in [3.8, 4) is 5.75 Å². The van der Waals surface area contributed by atoms with Crippen LogP contribution in [-0.4, -0.2) is 22.9 Å². The Balaban J connectivity index is 1.58. The maximum Gasteiger partial charge on any atom is 0.308 e. The summed E-state index contributed by atoms with van der Waals surface area (Å²) in [4.78, 5) is 36.5. The van der Waals surface area contributed by atoms with Gasteiger partial charge in [0.1, 0.15) is 5.75 Å². The fraction of sp³-hybridized carbons (Fsp3) is 0.320. The summed E-state index contributed by atoms with van der Waals surface area (Å²) >= 11 is 13.0. The van der Waals surface area contributed by atoms with Crippen LogP contribution in [0.5, 0.6) is 5.75 Å². The highest BCUT2D eigenvalue weighted by atomic mass is 35.5. The van der Waals surface area contributed by atoms with E-state index in [-0.39, 0.29) is 23.6 Å². The summed E-state index contributed by atoms with van der Waals surface area (Å²) in [5, 5.41) is 1.43. The van der Waals surface area contributed by atoms with Gasteiger partial charge in [0.15, 0.2) is 5.78 Å². The SMILES string of the molecule is CC(=O)Oc1cc2c(c3ccccc13)[C@H](CCl)CC(CCC(=O)c1ccc(C(=O)Cl)s1)C2. The number of fused-ring (bicyclic) bond motifs is 3. The second-order valence-electron chi connectivity index (χ2n) is 8.14. The van der Waals surface area contributed by atoms with E-state index in [1.807, 2.05) is 24.3 Å². The van der Waals surface area contributed by atoms with E-state index in [0.29, 0.717) is 27.8 Å². The molecule has 0 N–H and O–H groups in total. The normalized spacial score (nSPS) is 17.7. The Hall–Kier alpha value is -2.21. The summed E-state index contributed by atoms with van der Waals surface area (Å²) in [6.07, 6.45) is 2.82. The van der Waals surface area contributed by atoms with Gasteiger partial charge in [-0.2, -0.15) is 0 Å². The molecule has 1 heterocycles. The second kappa shape index (κ2) is 9.74. The third kappa shape index (κ3) is 4.75. The predicted octanol–water partition coefficient (Wildman–Crippen LogP) is 6.75. The van der Waals surface area contributed by atoms with Crippen molar-refractivity contribution in [2.45, 2.75) is 38.5 Å². The molecule has 1 aliphatic rings. The van der Waals surface area contributed by atoms with Crippen LogP contribution >= 0.6 is 34.5 Å². The minimum absolute atomic E-state index is 0.0199. The van der Waals surface area contributed by atoms with Crippen LogP contribution in [0.4, 0.5) is 0 Å². The topological polar surface area (TPSA) is 60.4 Å². The van der Waals surface area contributed by atoms with Crippen molar-refractivity contribution in [1.82, 2.24) is 0 Å². The molecule has 0 amide bonds. The molecule has 32 heavy (non-hydrogen) atoms. The number of ether oxygens (including phenoxy) is 1.